The number of carbonyl (C=O) groups excluding carboxylic acids is 1. The van der Waals surface area contributed by atoms with Crippen LogP contribution in [0.3, 0.4) is 0 Å². The predicted octanol–water partition coefficient (Wildman–Crippen LogP) is 2.93. The Hall–Kier alpha value is -1.44. The largest absolute Gasteiger partial charge is 0.294 e. The van der Waals surface area contributed by atoms with Gasteiger partial charge in [-0.15, -0.1) is 0 Å². The second kappa shape index (κ2) is 10.4. The number of nitrogens with one attached hydrogen (secondary N) is 1. The molecule has 0 saturated carbocycles. The average Bonchev–Trinajstić information content (AvgIpc) is 2.45. The van der Waals surface area contributed by atoms with E-state index in [1.54, 1.807) is 12.1 Å². The molecule has 0 bridgehead atoms. The monoisotopic (exact) mass is 358 g/mol. The molecule has 1 amide bonds. The van der Waals surface area contributed by atoms with Crippen LogP contribution in [0.5, 0.6) is 0 Å². The number of hydrogen-bond acceptors (Lipinski definition) is 4. The van der Waals surface area contributed by atoms with Gasteiger partial charge in [0.1, 0.15) is 0 Å². The minimum absolute atomic E-state index is 0.0256. The van der Waals surface area contributed by atoms with Gasteiger partial charge in [-0.3, -0.25) is 14.8 Å². The van der Waals surface area contributed by atoms with Gasteiger partial charge in [0, 0.05) is 5.92 Å². The van der Waals surface area contributed by atoms with E-state index in [4.69, 9.17) is 10.4 Å². The molecule has 1 aromatic carbocycles. The summed E-state index contributed by atoms with van der Waals surface area (Å²) in [5, 5.41) is 0. The number of carbonyl (C=O) groups is 1. The number of amides is 1. The van der Waals surface area contributed by atoms with Crippen LogP contribution in [0.2, 0.25) is 0 Å². The zero-order valence-corrected chi connectivity index (χ0v) is 15.9. The van der Waals surface area contributed by atoms with Gasteiger partial charge in [0.05, 0.1) is 4.90 Å². The summed E-state index contributed by atoms with van der Waals surface area (Å²) >= 11 is 0. The van der Waals surface area contributed by atoms with Crippen LogP contribution in [-0.4, -0.2) is 18.9 Å². The fourth-order valence-electron chi connectivity index (χ4n) is 2.28. The van der Waals surface area contributed by atoms with E-state index in [0.717, 1.165) is 18.4 Å². The van der Waals surface area contributed by atoms with Crippen molar-refractivity contribution < 1.29 is 17.8 Å². The van der Waals surface area contributed by atoms with E-state index in [-0.39, 0.29) is 16.7 Å². The summed E-state index contributed by atoms with van der Waals surface area (Å²) < 4.78 is 29.6. The Morgan fingerprint density at radius 2 is 1.50 bits per heavy atom. The number of nitrogens with two attached hydrogens (primary N) is 1. The highest BCUT2D eigenvalue weighted by Gasteiger charge is 2.19. The number of hydrazine groups is 1. The first kappa shape index (κ1) is 22.6. The molecule has 7 heteroatoms. The predicted molar refractivity (Wildman–Crippen MR) is 95.7 cm³/mol. The van der Waals surface area contributed by atoms with E-state index in [1.807, 2.05) is 6.92 Å². The molecule has 0 aliphatic heterocycles. The highest BCUT2D eigenvalue weighted by molar-refractivity contribution is 7.85. The first-order valence-electron chi connectivity index (χ1n) is 8.02. The molecule has 0 heterocycles. The Kier molecular flexibility index (Phi) is 9.80. The Morgan fingerprint density at radius 1 is 1.08 bits per heavy atom. The first-order valence-corrected chi connectivity index (χ1v) is 9.46. The molecule has 6 nitrogen and oxygen atoms in total. The summed E-state index contributed by atoms with van der Waals surface area (Å²) in [5.74, 6) is 6.26. The Morgan fingerprint density at radius 3 is 1.79 bits per heavy atom. The topological polar surface area (TPSA) is 109 Å². The molecule has 0 aromatic heterocycles. The normalized spacial score (nSPS) is 11.4. The molecular formula is C17H30N2O4S. The van der Waals surface area contributed by atoms with Crippen LogP contribution < -0.4 is 11.3 Å². The van der Waals surface area contributed by atoms with Crippen LogP contribution in [0.1, 0.15) is 46.1 Å². The summed E-state index contributed by atoms with van der Waals surface area (Å²) in [6.07, 6.45) is 1.84. The minimum atomic E-state index is -4.02. The third-order valence-electron chi connectivity index (χ3n) is 3.34. The standard InChI is InChI=1S/C10H22N2O.C7H8O3S/c1-7(2)5-9(6-8(3)4)10(13)12-11;1-6-2-4-7(5-3-6)11(8,9)10/h7-9H,5-6,11H2,1-4H3,(H,12,13);2-5H,1H3,(H,8,9,10). The van der Waals surface area contributed by atoms with Gasteiger partial charge < -0.3 is 0 Å². The molecule has 0 unspecified atom stereocenters. The van der Waals surface area contributed by atoms with Gasteiger partial charge in [-0.1, -0.05) is 45.4 Å². The summed E-state index contributed by atoms with van der Waals surface area (Å²) in [6, 6.07) is 5.99. The second-order valence-electron chi connectivity index (χ2n) is 6.75. The van der Waals surface area contributed by atoms with Gasteiger partial charge in [-0.25, -0.2) is 5.84 Å². The lowest BCUT2D eigenvalue weighted by atomic mass is 9.89. The molecule has 1 aromatic rings. The summed E-state index contributed by atoms with van der Waals surface area (Å²) in [5.41, 5.74) is 3.19. The van der Waals surface area contributed by atoms with Gasteiger partial charge in [0.15, 0.2) is 0 Å². The van der Waals surface area contributed by atoms with Crippen molar-refractivity contribution >= 4 is 16.0 Å². The van der Waals surface area contributed by atoms with E-state index < -0.39 is 10.1 Å². The molecule has 0 radical (unpaired) electrons. The van der Waals surface area contributed by atoms with Crippen LogP contribution >= 0.6 is 0 Å². The van der Waals surface area contributed by atoms with Crippen LogP contribution in [0.4, 0.5) is 0 Å². The van der Waals surface area contributed by atoms with Crippen molar-refractivity contribution in [3.63, 3.8) is 0 Å². The number of benzene rings is 1. The van der Waals surface area contributed by atoms with Crippen molar-refractivity contribution in [1.82, 2.24) is 5.43 Å². The van der Waals surface area contributed by atoms with Gasteiger partial charge in [-0.2, -0.15) is 8.42 Å². The van der Waals surface area contributed by atoms with E-state index in [9.17, 15) is 13.2 Å². The van der Waals surface area contributed by atoms with Crippen LogP contribution in [0.15, 0.2) is 29.2 Å². The maximum Gasteiger partial charge on any atom is 0.294 e. The molecule has 0 fully saturated rings. The van der Waals surface area contributed by atoms with Crippen LogP contribution in [-0.2, 0) is 14.9 Å². The zero-order valence-electron chi connectivity index (χ0n) is 15.1. The van der Waals surface area contributed by atoms with Gasteiger partial charge in [0.2, 0.25) is 5.91 Å². The summed E-state index contributed by atoms with van der Waals surface area (Å²) in [6.45, 7) is 10.3. The lowest BCUT2D eigenvalue weighted by Gasteiger charge is -2.18. The maximum atomic E-state index is 11.3. The Balaban J connectivity index is 0.000000446. The third-order valence-corrected chi connectivity index (χ3v) is 4.21. The van der Waals surface area contributed by atoms with Gasteiger partial charge in [0.25, 0.3) is 10.1 Å². The van der Waals surface area contributed by atoms with Crippen molar-refractivity contribution in [1.29, 1.82) is 0 Å². The molecular weight excluding hydrogens is 328 g/mol. The third kappa shape index (κ3) is 9.64. The molecule has 4 N–H and O–H groups in total. The van der Waals surface area contributed by atoms with Crippen LogP contribution in [0.25, 0.3) is 0 Å². The lowest BCUT2D eigenvalue weighted by Crippen LogP contribution is -2.37. The van der Waals surface area contributed by atoms with E-state index >= 15 is 0 Å². The number of hydrogen-bond donors (Lipinski definition) is 3. The van der Waals surface area contributed by atoms with E-state index in [0.29, 0.717) is 11.8 Å². The van der Waals surface area contributed by atoms with Crippen molar-refractivity contribution in [2.24, 2.45) is 23.6 Å². The molecule has 0 aliphatic carbocycles. The fourth-order valence-corrected chi connectivity index (χ4v) is 2.76. The maximum absolute atomic E-state index is 11.3. The zero-order chi connectivity index (χ0) is 18.9. The van der Waals surface area contributed by atoms with Crippen molar-refractivity contribution in [2.75, 3.05) is 0 Å². The molecule has 1 rings (SSSR count). The summed E-state index contributed by atoms with van der Waals surface area (Å²) in [4.78, 5) is 11.3. The second-order valence-corrected chi connectivity index (χ2v) is 8.17. The first-order chi connectivity index (χ1) is 11.0. The highest BCUT2D eigenvalue weighted by atomic mass is 32.2. The molecule has 24 heavy (non-hydrogen) atoms. The number of aryl methyl sites for hydroxylation is 1. The molecule has 0 aliphatic rings. The minimum Gasteiger partial charge on any atom is -0.294 e. The van der Waals surface area contributed by atoms with Gasteiger partial charge in [-0.05, 0) is 43.7 Å². The van der Waals surface area contributed by atoms with Gasteiger partial charge >= 0.3 is 0 Å². The summed E-state index contributed by atoms with van der Waals surface area (Å²) in [7, 11) is -4.02. The van der Waals surface area contributed by atoms with Crippen LogP contribution in [0, 0.1) is 24.7 Å². The Labute approximate surface area is 145 Å². The molecule has 0 saturated heterocycles. The SMILES string of the molecule is CC(C)CC(CC(C)C)C(=O)NN.Cc1ccc(S(=O)(=O)O)cc1. The molecule has 0 atom stereocenters. The molecule has 138 valence electrons. The fraction of sp³-hybridized carbons (Fsp3) is 0.588. The van der Waals surface area contributed by atoms with E-state index in [2.05, 4.69) is 33.1 Å². The average molecular weight is 359 g/mol. The smallest absolute Gasteiger partial charge is 0.294 e. The lowest BCUT2D eigenvalue weighted by molar-refractivity contribution is -0.126. The van der Waals surface area contributed by atoms with Crippen molar-refractivity contribution in [3.05, 3.63) is 29.8 Å². The Bertz CT molecular complexity index is 586. The van der Waals surface area contributed by atoms with E-state index in [1.165, 1.54) is 12.1 Å². The van der Waals surface area contributed by atoms with Crippen molar-refractivity contribution in [2.45, 2.75) is 52.4 Å². The van der Waals surface area contributed by atoms with Crippen molar-refractivity contribution in [3.8, 4) is 0 Å². The molecule has 0 spiro atoms. The number of rotatable bonds is 6. The highest BCUT2D eigenvalue weighted by Crippen LogP contribution is 2.19. The quantitative estimate of drug-likeness (QED) is 0.313.